The molecule has 0 radical (unpaired) electrons. The summed E-state index contributed by atoms with van der Waals surface area (Å²) in [6.07, 6.45) is 7.96. The number of ketones is 1. The predicted octanol–water partition coefficient (Wildman–Crippen LogP) is 2.21. The summed E-state index contributed by atoms with van der Waals surface area (Å²) in [7, 11) is 0. The minimum absolute atomic E-state index is 0.00598. The summed E-state index contributed by atoms with van der Waals surface area (Å²) in [6, 6.07) is 0.205. The van der Waals surface area contributed by atoms with Gasteiger partial charge in [-0.25, -0.2) is 0 Å². The standard InChI is InChI=1S/C20H28N2O5/c1-3-16-17(15(23)12-27-16)22-19(25)14(10-20(2)7-4-5-8-20)21-18(24)13-6-9-26-11-13/h6,9,11,14,16-17H,3-5,7-8,10,12H2,1-2H3,(H,21,24)(H,22,25)/t14-,16-,17+/m0/s1. The Morgan fingerprint density at radius 3 is 2.70 bits per heavy atom. The molecule has 1 saturated carbocycles. The maximum atomic E-state index is 13.0. The lowest BCUT2D eigenvalue weighted by Crippen LogP contribution is -2.54. The van der Waals surface area contributed by atoms with Gasteiger partial charge >= 0.3 is 0 Å². The Hall–Kier alpha value is -2.15. The quantitative estimate of drug-likeness (QED) is 0.760. The van der Waals surface area contributed by atoms with Crippen molar-refractivity contribution in [2.24, 2.45) is 5.41 Å². The fraction of sp³-hybridized carbons (Fsp3) is 0.650. The van der Waals surface area contributed by atoms with Gasteiger partial charge in [0, 0.05) is 0 Å². The molecule has 1 saturated heterocycles. The summed E-state index contributed by atoms with van der Waals surface area (Å²) in [4.78, 5) is 37.5. The SMILES string of the molecule is CC[C@@H]1OCC(=O)[C@H]1NC(=O)[C@H](CC1(C)CCCC1)NC(=O)c1ccoc1. The molecule has 0 aromatic carbocycles. The van der Waals surface area contributed by atoms with Crippen LogP contribution in [0.25, 0.3) is 0 Å². The minimum atomic E-state index is -0.707. The molecule has 3 rings (SSSR count). The summed E-state index contributed by atoms with van der Waals surface area (Å²) in [5.41, 5.74) is 0.377. The van der Waals surface area contributed by atoms with Crippen LogP contribution in [-0.2, 0) is 14.3 Å². The number of furan rings is 1. The Morgan fingerprint density at radius 1 is 1.33 bits per heavy atom. The molecular formula is C20H28N2O5. The molecule has 2 amide bonds. The van der Waals surface area contributed by atoms with Crippen LogP contribution in [0.3, 0.4) is 0 Å². The van der Waals surface area contributed by atoms with E-state index in [4.69, 9.17) is 9.15 Å². The number of hydrogen-bond donors (Lipinski definition) is 2. The number of carbonyl (C=O) groups is 3. The average Bonchev–Trinajstić information content (AvgIpc) is 3.37. The van der Waals surface area contributed by atoms with Crippen molar-refractivity contribution in [3.05, 3.63) is 24.2 Å². The van der Waals surface area contributed by atoms with E-state index in [1.54, 1.807) is 6.07 Å². The Balaban J connectivity index is 1.72. The summed E-state index contributed by atoms with van der Waals surface area (Å²) < 4.78 is 10.4. The van der Waals surface area contributed by atoms with Gasteiger partial charge in [-0.1, -0.05) is 26.7 Å². The molecule has 0 spiro atoms. The summed E-state index contributed by atoms with van der Waals surface area (Å²) in [5, 5.41) is 5.65. The zero-order valence-electron chi connectivity index (χ0n) is 16.0. The molecule has 2 aliphatic rings. The second kappa shape index (κ2) is 8.25. The number of hydrogen-bond acceptors (Lipinski definition) is 5. The molecule has 0 unspecified atom stereocenters. The van der Waals surface area contributed by atoms with Crippen molar-refractivity contribution >= 4 is 17.6 Å². The lowest BCUT2D eigenvalue weighted by molar-refractivity contribution is -0.128. The number of carbonyl (C=O) groups excluding carboxylic acids is 3. The van der Waals surface area contributed by atoms with E-state index < -0.39 is 12.1 Å². The van der Waals surface area contributed by atoms with E-state index in [1.807, 2.05) is 6.92 Å². The molecule has 7 heteroatoms. The smallest absolute Gasteiger partial charge is 0.255 e. The molecule has 1 aliphatic heterocycles. The van der Waals surface area contributed by atoms with Gasteiger partial charge in [0.2, 0.25) is 5.91 Å². The highest BCUT2D eigenvalue weighted by molar-refractivity contribution is 5.98. The van der Waals surface area contributed by atoms with Crippen LogP contribution in [-0.4, -0.2) is 42.4 Å². The fourth-order valence-electron chi connectivity index (χ4n) is 4.13. The number of nitrogens with one attached hydrogen (secondary N) is 2. The summed E-state index contributed by atoms with van der Waals surface area (Å²) in [5.74, 6) is -0.809. The van der Waals surface area contributed by atoms with Gasteiger partial charge in [-0.05, 0) is 37.2 Å². The summed E-state index contributed by atoms with van der Waals surface area (Å²) in [6.45, 7) is 4.09. The normalized spacial score (nSPS) is 25.3. The molecule has 3 atom stereocenters. The fourth-order valence-corrected chi connectivity index (χ4v) is 4.13. The van der Waals surface area contributed by atoms with Gasteiger partial charge in [0.15, 0.2) is 5.78 Å². The topological polar surface area (TPSA) is 97.6 Å². The van der Waals surface area contributed by atoms with Gasteiger partial charge in [-0.2, -0.15) is 0 Å². The van der Waals surface area contributed by atoms with Crippen LogP contribution >= 0.6 is 0 Å². The van der Waals surface area contributed by atoms with E-state index in [2.05, 4.69) is 17.6 Å². The van der Waals surface area contributed by atoms with E-state index in [-0.39, 0.29) is 35.7 Å². The maximum Gasteiger partial charge on any atom is 0.255 e. The molecule has 0 bridgehead atoms. The van der Waals surface area contributed by atoms with Gasteiger partial charge in [0.25, 0.3) is 5.91 Å². The van der Waals surface area contributed by atoms with E-state index >= 15 is 0 Å². The molecule has 148 valence electrons. The second-order valence-corrected chi connectivity index (χ2v) is 7.97. The number of ether oxygens (including phenoxy) is 1. The van der Waals surface area contributed by atoms with Crippen LogP contribution in [0.15, 0.2) is 23.0 Å². The molecule has 1 aromatic rings. The van der Waals surface area contributed by atoms with Gasteiger partial charge < -0.3 is 19.8 Å². The van der Waals surface area contributed by atoms with Crippen molar-refractivity contribution in [1.82, 2.24) is 10.6 Å². The lowest BCUT2D eigenvalue weighted by Gasteiger charge is -2.30. The van der Waals surface area contributed by atoms with Crippen molar-refractivity contribution in [2.45, 2.75) is 70.6 Å². The highest BCUT2D eigenvalue weighted by Gasteiger charge is 2.39. The van der Waals surface area contributed by atoms with Crippen molar-refractivity contribution in [3.63, 3.8) is 0 Å². The number of Topliss-reactive ketones (excluding diaryl/α,β-unsaturated/α-hetero) is 1. The van der Waals surface area contributed by atoms with E-state index in [0.29, 0.717) is 18.4 Å². The Bertz CT molecular complexity index is 679. The van der Waals surface area contributed by atoms with Crippen LogP contribution in [0.4, 0.5) is 0 Å². The van der Waals surface area contributed by atoms with Crippen molar-refractivity contribution < 1.29 is 23.5 Å². The number of amides is 2. The Morgan fingerprint density at radius 2 is 2.07 bits per heavy atom. The van der Waals surface area contributed by atoms with Crippen molar-refractivity contribution in [1.29, 1.82) is 0 Å². The van der Waals surface area contributed by atoms with E-state index in [0.717, 1.165) is 25.7 Å². The highest BCUT2D eigenvalue weighted by Crippen LogP contribution is 2.41. The minimum Gasteiger partial charge on any atom is -0.472 e. The van der Waals surface area contributed by atoms with E-state index in [9.17, 15) is 14.4 Å². The third kappa shape index (κ3) is 4.58. The Kier molecular flexibility index (Phi) is 5.99. The molecular weight excluding hydrogens is 348 g/mol. The first-order valence-electron chi connectivity index (χ1n) is 9.69. The molecule has 1 aromatic heterocycles. The highest BCUT2D eigenvalue weighted by atomic mass is 16.5. The second-order valence-electron chi connectivity index (χ2n) is 7.97. The predicted molar refractivity (Wildman–Crippen MR) is 98.1 cm³/mol. The number of rotatable bonds is 7. The monoisotopic (exact) mass is 376 g/mol. The van der Waals surface area contributed by atoms with Gasteiger partial charge in [0.05, 0.1) is 17.9 Å². The van der Waals surface area contributed by atoms with E-state index in [1.165, 1.54) is 12.5 Å². The first-order valence-corrected chi connectivity index (χ1v) is 9.69. The van der Waals surface area contributed by atoms with Gasteiger partial charge in [-0.15, -0.1) is 0 Å². The third-order valence-electron chi connectivity index (χ3n) is 5.77. The molecule has 1 aliphatic carbocycles. The summed E-state index contributed by atoms with van der Waals surface area (Å²) >= 11 is 0. The van der Waals surface area contributed by atoms with Crippen molar-refractivity contribution in [3.8, 4) is 0 Å². The molecule has 7 nitrogen and oxygen atoms in total. The van der Waals surface area contributed by atoms with Crippen LogP contribution in [0.5, 0.6) is 0 Å². The van der Waals surface area contributed by atoms with Gasteiger partial charge in [-0.3, -0.25) is 14.4 Å². The zero-order chi connectivity index (χ0) is 19.4. The maximum absolute atomic E-state index is 13.0. The van der Waals surface area contributed by atoms with Crippen LogP contribution in [0.2, 0.25) is 0 Å². The van der Waals surface area contributed by atoms with Gasteiger partial charge in [0.1, 0.15) is 25.0 Å². The van der Waals surface area contributed by atoms with Crippen LogP contribution in [0, 0.1) is 5.41 Å². The lowest BCUT2D eigenvalue weighted by atomic mass is 9.81. The first kappa shape index (κ1) is 19.6. The molecule has 2 heterocycles. The molecule has 27 heavy (non-hydrogen) atoms. The third-order valence-corrected chi connectivity index (χ3v) is 5.77. The first-order chi connectivity index (χ1) is 12.9. The van der Waals surface area contributed by atoms with Crippen LogP contribution < -0.4 is 10.6 Å². The van der Waals surface area contributed by atoms with Crippen molar-refractivity contribution in [2.75, 3.05) is 6.61 Å². The molecule has 2 fully saturated rings. The van der Waals surface area contributed by atoms with Crippen LogP contribution in [0.1, 0.15) is 62.7 Å². The largest absolute Gasteiger partial charge is 0.472 e. The Labute approximate surface area is 159 Å². The molecule has 2 N–H and O–H groups in total. The average molecular weight is 376 g/mol. The zero-order valence-corrected chi connectivity index (χ0v) is 16.0.